The molecule has 10 nitrogen and oxygen atoms in total. The Bertz CT molecular complexity index is 1690. The van der Waals surface area contributed by atoms with Crippen molar-refractivity contribution in [2.45, 2.75) is 0 Å². The Balaban J connectivity index is 1.37. The monoisotopic (exact) mass is 449 g/mol. The van der Waals surface area contributed by atoms with Crippen molar-refractivity contribution >= 4 is 29.4 Å². The summed E-state index contributed by atoms with van der Waals surface area (Å²) >= 11 is 0. The molecule has 2 aliphatic rings. The number of guanidine groups is 1. The summed E-state index contributed by atoms with van der Waals surface area (Å²) in [7, 11) is 0. The normalized spacial score (nSPS) is 12.9. The summed E-state index contributed by atoms with van der Waals surface area (Å²) in [6.07, 6.45) is 6.29. The molecule has 0 spiro atoms. The number of para-hydroxylation sites is 1. The molecule has 0 saturated carbocycles. The third kappa shape index (κ3) is 3.27. The second-order valence-electron chi connectivity index (χ2n) is 7.35. The van der Waals surface area contributed by atoms with E-state index < -0.39 is 5.69 Å². The van der Waals surface area contributed by atoms with Gasteiger partial charge in [0.25, 0.3) is 0 Å². The highest BCUT2D eigenvalue weighted by Gasteiger charge is 2.20. The SMILES string of the molecule is O=c1nc2c(c3n1-c1c(O)cccc1OC=C=3)=CN=C(Nc1ccc(-c3ncccn3)cc1)N2. The minimum Gasteiger partial charge on any atom is -0.506 e. The molecule has 4 aromatic rings. The lowest BCUT2D eigenvalue weighted by Gasteiger charge is -2.16. The van der Waals surface area contributed by atoms with Crippen LogP contribution in [0, 0.1) is 0 Å². The number of phenolic OH excluding ortho intramolecular Hbond substituents is 1. The molecule has 0 aliphatic carbocycles. The van der Waals surface area contributed by atoms with E-state index in [2.05, 4.69) is 36.3 Å². The van der Waals surface area contributed by atoms with Gasteiger partial charge >= 0.3 is 5.69 Å². The Hall–Kier alpha value is -5.21. The van der Waals surface area contributed by atoms with Gasteiger partial charge in [0, 0.05) is 29.8 Å². The Labute approximate surface area is 191 Å². The number of hydrogen-bond acceptors (Lipinski definition) is 9. The Morgan fingerprint density at radius 1 is 1.06 bits per heavy atom. The summed E-state index contributed by atoms with van der Waals surface area (Å²) in [6.45, 7) is 0. The molecule has 2 aromatic carbocycles. The quantitative estimate of drug-likeness (QED) is 0.418. The van der Waals surface area contributed by atoms with Crippen molar-refractivity contribution in [1.29, 1.82) is 0 Å². The van der Waals surface area contributed by atoms with Crippen LogP contribution in [0.3, 0.4) is 0 Å². The van der Waals surface area contributed by atoms with Crippen LogP contribution in [0.2, 0.25) is 0 Å². The van der Waals surface area contributed by atoms with E-state index in [1.54, 1.807) is 36.8 Å². The molecule has 0 amide bonds. The van der Waals surface area contributed by atoms with Crippen LogP contribution in [-0.4, -0.2) is 30.6 Å². The summed E-state index contributed by atoms with van der Waals surface area (Å²) in [5.41, 5.74) is 4.20. The Morgan fingerprint density at radius 3 is 2.71 bits per heavy atom. The van der Waals surface area contributed by atoms with Gasteiger partial charge in [0.15, 0.2) is 11.6 Å². The van der Waals surface area contributed by atoms with Crippen LogP contribution in [0.25, 0.3) is 29.0 Å². The van der Waals surface area contributed by atoms with E-state index in [0.29, 0.717) is 33.9 Å². The van der Waals surface area contributed by atoms with Crippen LogP contribution in [0.4, 0.5) is 11.5 Å². The summed E-state index contributed by atoms with van der Waals surface area (Å²) in [5.74, 6) is 1.54. The number of anilines is 2. The van der Waals surface area contributed by atoms with E-state index in [1.807, 2.05) is 24.3 Å². The minimum atomic E-state index is -0.600. The molecular formula is C24H15N7O3. The first-order valence-corrected chi connectivity index (χ1v) is 10.2. The molecule has 4 heterocycles. The molecule has 10 heteroatoms. The van der Waals surface area contributed by atoms with E-state index >= 15 is 0 Å². The third-order valence-corrected chi connectivity index (χ3v) is 5.25. The van der Waals surface area contributed by atoms with Crippen molar-refractivity contribution in [1.82, 2.24) is 19.5 Å². The largest absolute Gasteiger partial charge is 0.506 e. The summed E-state index contributed by atoms with van der Waals surface area (Å²) < 4.78 is 6.78. The van der Waals surface area contributed by atoms with Gasteiger partial charge in [-0.3, -0.25) is 0 Å². The molecule has 0 radical (unpaired) electrons. The smallest absolute Gasteiger partial charge is 0.355 e. The lowest BCUT2D eigenvalue weighted by molar-refractivity contribution is 0.451. The zero-order valence-corrected chi connectivity index (χ0v) is 17.4. The van der Waals surface area contributed by atoms with E-state index in [-0.39, 0.29) is 11.4 Å². The van der Waals surface area contributed by atoms with Crippen LogP contribution in [0.15, 0.2) is 77.0 Å². The fourth-order valence-electron chi connectivity index (χ4n) is 3.71. The van der Waals surface area contributed by atoms with Gasteiger partial charge in [-0.25, -0.2) is 24.3 Å². The predicted molar refractivity (Wildman–Crippen MR) is 126 cm³/mol. The molecule has 6 rings (SSSR count). The molecule has 164 valence electrons. The molecule has 0 bridgehead atoms. The maximum atomic E-state index is 12.9. The van der Waals surface area contributed by atoms with Crippen molar-refractivity contribution < 1.29 is 9.84 Å². The van der Waals surface area contributed by atoms with Gasteiger partial charge in [0.2, 0.25) is 5.96 Å². The highest BCUT2D eigenvalue weighted by molar-refractivity contribution is 6.05. The summed E-state index contributed by atoms with van der Waals surface area (Å²) in [6, 6.07) is 14.0. The van der Waals surface area contributed by atoms with Crippen molar-refractivity contribution in [2.75, 3.05) is 10.6 Å². The Morgan fingerprint density at radius 2 is 1.88 bits per heavy atom. The van der Waals surface area contributed by atoms with Crippen LogP contribution in [0.1, 0.15) is 0 Å². The number of nitrogens with one attached hydrogen (secondary N) is 2. The molecule has 0 atom stereocenters. The molecule has 34 heavy (non-hydrogen) atoms. The number of aromatic hydroxyl groups is 1. The molecular weight excluding hydrogens is 434 g/mol. The van der Waals surface area contributed by atoms with Crippen molar-refractivity contribution in [2.24, 2.45) is 4.99 Å². The van der Waals surface area contributed by atoms with Crippen LogP contribution in [0.5, 0.6) is 11.5 Å². The lowest BCUT2D eigenvalue weighted by Crippen LogP contribution is -2.47. The van der Waals surface area contributed by atoms with Crippen molar-refractivity contribution in [3.63, 3.8) is 0 Å². The molecule has 0 saturated heterocycles. The van der Waals surface area contributed by atoms with Gasteiger partial charge in [-0.2, -0.15) is 4.98 Å². The van der Waals surface area contributed by atoms with Gasteiger partial charge < -0.3 is 20.5 Å². The van der Waals surface area contributed by atoms with Crippen LogP contribution < -0.4 is 31.6 Å². The summed E-state index contributed by atoms with van der Waals surface area (Å²) in [5, 5.41) is 17.5. The van der Waals surface area contributed by atoms with E-state index in [0.717, 1.165) is 11.3 Å². The number of rotatable bonds is 2. The molecule has 2 aliphatic heterocycles. The number of benzene rings is 2. The number of fused-ring (bicyclic) bond motifs is 5. The van der Waals surface area contributed by atoms with E-state index in [9.17, 15) is 9.90 Å². The first-order chi connectivity index (χ1) is 16.7. The molecule has 0 unspecified atom stereocenters. The van der Waals surface area contributed by atoms with Crippen molar-refractivity contribution in [3.05, 3.63) is 88.2 Å². The minimum absolute atomic E-state index is 0.112. The Kier molecular flexibility index (Phi) is 4.43. The van der Waals surface area contributed by atoms with E-state index in [4.69, 9.17) is 4.74 Å². The first-order valence-electron chi connectivity index (χ1n) is 10.2. The average Bonchev–Trinajstić information content (AvgIpc) is 3.06. The number of hydrogen-bond donors (Lipinski definition) is 3. The third-order valence-electron chi connectivity index (χ3n) is 5.25. The summed E-state index contributed by atoms with van der Waals surface area (Å²) in [4.78, 5) is 30.0. The second-order valence-corrected chi connectivity index (χ2v) is 7.35. The fraction of sp³-hybridized carbons (Fsp3) is 0. The first kappa shape index (κ1) is 19.5. The number of ether oxygens (including phenoxy) is 1. The number of nitrogens with zero attached hydrogens (tertiary/aromatic N) is 5. The highest BCUT2D eigenvalue weighted by Crippen LogP contribution is 2.30. The predicted octanol–water partition coefficient (Wildman–Crippen LogP) is 1.31. The van der Waals surface area contributed by atoms with E-state index in [1.165, 1.54) is 16.9 Å². The fourth-order valence-corrected chi connectivity index (χ4v) is 3.71. The lowest BCUT2D eigenvalue weighted by atomic mass is 10.2. The van der Waals surface area contributed by atoms with Crippen LogP contribution >= 0.6 is 0 Å². The van der Waals surface area contributed by atoms with Gasteiger partial charge in [-0.15, -0.1) is 0 Å². The maximum Gasteiger partial charge on any atom is 0.355 e. The second kappa shape index (κ2) is 7.73. The number of aliphatic imine (C=N–C) groups is 1. The standard InChI is InChI=1S/C24H15N7O3/c32-18-3-1-4-19-20(18)31-17(9-12-34-19)16-13-27-23(29-22(16)30-24(31)33)28-15-7-5-14(6-8-15)21-25-10-2-11-26-21/h1-8,10-13,32H,(H2,27,28,29,30,33). The topological polar surface area (TPSA) is 127 Å². The maximum absolute atomic E-state index is 12.9. The van der Waals surface area contributed by atoms with Gasteiger partial charge in [-0.1, -0.05) is 11.8 Å². The number of aromatic nitrogens is 4. The zero-order valence-electron chi connectivity index (χ0n) is 17.4. The zero-order chi connectivity index (χ0) is 23.1. The highest BCUT2D eigenvalue weighted by atomic mass is 16.5. The molecule has 2 aromatic heterocycles. The van der Waals surface area contributed by atoms with Crippen LogP contribution in [-0.2, 0) is 0 Å². The van der Waals surface area contributed by atoms with Gasteiger partial charge in [0.1, 0.15) is 28.9 Å². The molecule has 0 fully saturated rings. The van der Waals surface area contributed by atoms with Gasteiger partial charge in [0.05, 0.1) is 5.22 Å². The van der Waals surface area contributed by atoms with Gasteiger partial charge in [-0.05, 0) is 42.5 Å². The number of phenols is 1. The van der Waals surface area contributed by atoms with Crippen molar-refractivity contribution in [3.8, 4) is 28.6 Å². The average molecular weight is 449 g/mol. The molecule has 3 N–H and O–H groups in total.